The minimum absolute atomic E-state index is 0.0950. The van der Waals surface area contributed by atoms with Crippen LogP contribution in [0.4, 0.5) is 11.4 Å². The average Bonchev–Trinajstić information content (AvgIpc) is 2.50. The maximum Gasteiger partial charge on any atom is 0.239 e. The molecular formula is C18H24N4O. The van der Waals surface area contributed by atoms with Crippen molar-refractivity contribution in [2.24, 2.45) is 5.10 Å². The number of hydrogen-bond acceptors (Lipinski definition) is 4. The predicted octanol–water partition coefficient (Wildman–Crippen LogP) is 2.78. The Morgan fingerprint density at radius 3 is 2.26 bits per heavy atom. The van der Waals surface area contributed by atoms with E-state index in [2.05, 4.69) is 39.2 Å². The SMILES string of the molecule is CC(=O)N(C)/N=C/c1ccc2cccc(N(C)C)c2c1N(C)C. The molecule has 0 atom stereocenters. The molecule has 5 nitrogen and oxygen atoms in total. The summed E-state index contributed by atoms with van der Waals surface area (Å²) in [5, 5.41) is 7.93. The van der Waals surface area contributed by atoms with Gasteiger partial charge in [-0.1, -0.05) is 24.3 Å². The van der Waals surface area contributed by atoms with Gasteiger partial charge in [0.15, 0.2) is 0 Å². The number of nitrogens with zero attached hydrogens (tertiary/aromatic N) is 4. The number of fused-ring (bicyclic) bond motifs is 1. The molecule has 0 spiro atoms. The lowest BCUT2D eigenvalue weighted by Crippen LogP contribution is -2.18. The quantitative estimate of drug-likeness (QED) is 0.644. The molecule has 0 bridgehead atoms. The fourth-order valence-corrected chi connectivity index (χ4v) is 2.55. The number of carbonyl (C=O) groups is 1. The first kappa shape index (κ1) is 16.8. The molecule has 0 N–H and O–H groups in total. The summed E-state index contributed by atoms with van der Waals surface area (Å²) < 4.78 is 0. The van der Waals surface area contributed by atoms with Gasteiger partial charge in [-0.2, -0.15) is 5.10 Å². The number of hydrazone groups is 1. The van der Waals surface area contributed by atoms with Gasteiger partial charge in [-0.15, -0.1) is 0 Å². The van der Waals surface area contributed by atoms with Gasteiger partial charge < -0.3 is 9.80 Å². The fourth-order valence-electron chi connectivity index (χ4n) is 2.55. The van der Waals surface area contributed by atoms with Crippen molar-refractivity contribution in [3.63, 3.8) is 0 Å². The minimum Gasteiger partial charge on any atom is -0.377 e. The van der Waals surface area contributed by atoms with E-state index in [4.69, 9.17) is 0 Å². The van der Waals surface area contributed by atoms with E-state index in [1.165, 1.54) is 22.7 Å². The zero-order valence-electron chi connectivity index (χ0n) is 14.7. The molecule has 122 valence electrons. The number of carbonyl (C=O) groups excluding carboxylic acids is 1. The lowest BCUT2D eigenvalue weighted by atomic mass is 10.0. The van der Waals surface area contributed by atoms with E-state index in [0.717, 1.165) is 16.9 Å². The van der Waals surface area contributed by atoms with E-state index in [9.17, 15) is 4.79 Å². The van der Waals surface area contributed by atoms with Crippen LogP contribution in [0.25, 0.3) is 10.8 Å². The maximum absolute atomic E-state index is 11.3. The van der Waals surface area contributed by atoms with Gasteiger partial charge in [0.05, 0.1) is 11.9 Å². The van der Waals surface area contributed by atoms with Crippen LogP contribution in [0.5, 0.6) is 0 Å². The Labute approximate surface area is 137 Å². The highest BCUT2D eigenvalue weighted by Gasteiger charge is 2.13. The van der Waals surface area contributed by atoms with Crippen molar-refractivity contribution < 1.29 is 4.79 Å². The molecule has 0 radical (unpaired) electrons. The molecule has 2 aromatic rings. The van der Waals surface area contributed by atoms with Crippen molar-refractivity contribution in [3.8, 4) is 0 Å². The highest BCUT2D eigenvalue weighted by Crippen LogP contribution is 2.35. The third-order valence-corrected chi connectivity index (χ3v) is 3.78. The molecule has 0 unspecified atom stereocenters. The molecule has 0 aliphatic heterocycles. The third kappa shape index (κ3) is 3.44. The molecule has 2 aromatic carbocycles. The van der Waals surface area contributed by atoms with Crippen LogP contribution in [-0.2, 0) is 4.79 Å². The second kappa shape index (κ2) is 6.69. The van der Waals surface area contributed by atoms with E-state index < -0.39 is 0 Å². The molecule has 1 amide bonds. The van der Waals surface area contributed by atoms with Crippen LogP contribution < -0.4 is 9.80 Å². The van der Waals surface area contributed by atoms with Gasteiger partial charge >= 0.3 is 0 Å². The largest absolute Gasteiger partial charge is 0.377 e. The maximum atomic E-state index is 11.3. The zero-order valence-corrected chi connectivity index (χ0v) is 14.7. The molecule has 0 heterocycles. The number of amides is 1. The number of rotatable bonds is 4. The topological polar surface area (TPSA) is 39.2 Å². The van der Waals surface area contributed by atoms with Gasteiger partial charge in [0, 0.05) is 58.8 Å². The van der Waals surface area contributed by atoms with Crippen molar-refractivity contribution in [2.75, 3.05) is 45.0 Å². The predicted molar refractivity (Wildman–Crippen MR) is 98.6 cm³/mol. The van der Waals surface area contributed by atoms with Crippen molar-refractivity contribution >= 4 is 34.3 Å². The number of benzene rings is 2. The second-order valence-electron chi connectivity index (χ2n) is 5.95. The molecule has 0 saturated carbocycles. The van der Waals surface area contributed by atoms with Crippen molar-refractivity contribution in [1.29, 1.82) is 0 Å². The van der Waals surface area contributed by atoms with Crippen LogP contribution >= 0.6 is 0 Å². The Balaban J connectivity index is 2.69. The van der Waals surface area contributed by atoms with Crippen LogP contribution in [-0.4, -0.2) is 52.4 Å². The summed E-state index contributed by atoms with van der Waals surface area (Å²) in [7, 11) is 9.78. The van der Waals surface area contributed by atoms with Crippen molar-refractivity contribution in [2.45, 2.75) is 6.92 Å². The smallest absolute Gasteiger partial charge is 0.239 e. The van der Waals surface area contributed by atoms with Gasteiger partial charge in [-0.05, 0) is 11.5 Å². The zero-order chi connectivity index (χ0) is 17.1. The molecule has 5 heteroatoms. The molecule has 0 aliphatic carbocycles. The van der Waals surface area contributed by atoms with Crippen molar-refractivity contribution in [1.82, 2.24) is 5.01 Å². The summed E-state index contributed by atoms with van der Waals surface area (Å²) in [5.74, 6) is -0.0950. The van der Waals surface area contributed by atoms with Gasteiger partial charge in [-0.3, -0.25) is 4.79 Å². The Kier molecular flexibility index (Phi) is 4.89. The lowest BCUT2D eigenvalue weighted by molar-refractivity contribution is -0.127. The molecule has 2 rings (SSSR count). The first-order chi connectivity index (χ1) is 10.8. The standard InChI is InChI=1S/C18H24N4O/c1-13(23)22(6)19-12-15-11-10-14-8-7-9-16(20(2)3)17(14)18(15)21(4)5/h7-12H,1-6H3/b19-12+. The molecule has 0 aromatic heterocycles. The average molecular weight is 312 g/mol. The van der Waals surface area contributed by atoms with E-state index in [-0.39, 0.29) is 5.91 Å². The first-order valence-electron chi connectivity index (χ1n) is 7.51. The van der Waals surface area contributed by atoms with Crippen molar-refractivity contribution in [3.05, 3.63) is 35.9 Å². The summed E-state index contributed by atoms with van der Waals surface area (Å²) >= 11 is 0. The normalized spacial score (nSPS) is 11.0. The summed E-state index contributed by atoms with van der Waals surface area (Å²) in [6.45, 7) is 1.49. The van der Waals surface area contributed by atoms with Crippen LogP contribution in [0.2, 0.25) is 0 Å². The van der Waals surface area contributed by atoms with Crippen LogP contribution in [0.15, 0.2) is 35.4 Å². The van der Waals surface area contributed by atoms with E-state index in [1.54, 1.807) is 13.3 Å². The monoisotopic (exact) mass is 312 g/mol. The van der Waals surface area contributed by atoms with Gasteiger partial charge in [0.25, 0.3) is 0 Å². The third-order valence-electron chi connectivity index (χ3n) is 3.78. The van der Waals surface area contributed by atoms with Gasteiger partial charge in [-0.25, -0.2) is 5.01 Å². The fraction of sp³-hybridized carbons (Fsp3) is 0.333. The Bertz CT molecular complexity index is 750. The van der Waals surface area contributed by atoms with E-state index >= 15 is 0 Å². The minimum atomic E-state index is -0.0950. The highest BCUT2D eigenvalue weighted by atomic mass is 16.2. The second-order valence-corrected chi connectivity index (χ2v) is 5.95. The van der Waals surface area contributed by atoms with Gasteiger partial charge in [0.2, 0.25) is 5.91 Å². The van der Waals surface area contributed by atoms with E-state index in [0.29, 0.717) is 0 Å². The Hall–Kier alpha value is -2.56. The molecular weight excluding hydrogens is 288 g/mol. The van der Waals surface area contributed by atoms with Crippen LogP contribution in [0.1, 0.15) is 12.5 Å². The summed E-state index contributed by atoms with van der Waals surface area (Å²) in [6, 6.07) is 10.4. The first-order valence-corrected chi connectivity index (χ1v) is 7.51. The van der Waals surface area contributed by atoms with E-state index in [1.807, 2.05) is 34.3 Å². The molecule has 23 heavy (non-hydrogen) atoms. The lowest BCUT2D eigenvalue weighted by Gasteiger charge is -2.23. The Morgan fingerprint density at radius 2 is 1.70 bits per heavy atom. The Morgan fingerprint density at radius 1 is 1.00 bits per heavy atom. The molecule has 0 aliphatic rings. The molecule has 0 saturated heterocycles. The number of anilines is 2. The van der Waals surface area contributed by atoms with Crippen LogP contribution in [0.3, 0.4) is 0 Å². The summed E-state index contributed by atoms with van der Waals surface area (Å²) in [5.41, 5.74) is 3.22. The summed E-state index contributed by atoms with van der Waals surface area (Å²) in [6.07, 6.45) is 1.74. The van der Waals surface area contributed by atoms with Gasteiger partial charge in [0.1, 0.15) is 0 Å². The summed E-state index contributed by atoms with van der Waals surface area (Å²) in [4.78, 5) is 15.5. The number of hydrogen-bond donors (Lipinski definition) is 0. The van der Waals surface area contributed by atoms with Crippen LogP contribution in [0, 0.1) is 0 Å². The highest BCUT2D eigenvalue weighted by molar-refractivity contribution is 6.09. The molecule has 0 fully saturated rings.